The SMILES string of the molecule is Cc1cccc(NC(=O)C(=O)Nc2ccc(C#N)cc2)n1. The first-order valence-electron chi connectivity index (χ1n) is 6.14. The molecule has 0 fully saturated rings. The van der Waals surface area contributed by atoms with Gasteiger partial charge in [0.25, 0.3) is 0 Å². The Morgan fingerprint density at radius 1 is 1.05 bits per heavy atom. The number of nitrogens with one attached hydrogen (secondary N) is 2. The molecule has 1 aromatic heterocycles. The van der Waals surface area contributed by atoms with Crippen LogP contribution in [0.25, 0.3) is 0 Å². The van der Waals surface area contributed by atoms with Crippen LogP contribution in [0.4, 0.5) is 11.5 Å². The number of aryl methyl sites for hydroxylation is 1. The van der Waals surface area contributed by atoms with Crippen molar-refractivity contribution in [1.82, 2.24) is 4.98 Å². The molecule has 0 aliphatic rings. The van der Waals surface area contributed by atoms with E-state index in [1.807, 2.05) is 6.07 Å². The maximum absolute atomic E-state index is 11.7. The van der Waals surface area contributed by atoms with Crippen molar-refractivity contribution in [2.24, 2.45) is 0 Å². The lowest BCUT2D eigenvalue weighted by atomic mass is 10.2. The molecule has 0 atom stereocenters. The van der Waals surface area contributed by atoms with Crippen molar-refractivity contribution in [3.8, 4) is 6.07 Å². The molecular weight excluding hydrogens is 268 g/mol. The second-order valence-electron chi connectivity index (χ2n) is 4.26. The number of benzene rings is 1. The van der Waals surface area contributed by atoms with Gasteiger partial charge in [-0.25, -0.2) is 4.98 Å². The Labute approximate surface area is 121 Å². The fraction of sp³-hybridized carbons (Fsp3) is 0.0667. The summed E-state index contributed by atoms with van der Waals surface area (Å²) in [7, 11) is 0. The van der Waals surface area contributed by atoms with E-state index in [1.54, 1.807) is 49.4 Å². The summed E-state index contributed by atoms with van der Waals surface area (Å²) in [6, 6.07) is 13.3. The van der Waals surface area contributed by atoms with Crippen LogP contribution in [0.3, 0.4) is 0 Å². The van der Waals surface area contributed by atoms with Crippen LogP contribution in [-0.2, 0) is 9.59 Å². The van der Waals surface area contributed by atoms with Crippen molar-refractivity contribution in [2.45, 2.75) is 6.92 Å². The molecule has 6 nitrogen and oxygen atoms in total. The van der Waals surface area contributed by atoms with E-state index in [4.69, 9.17) is 5.26 Å². The third-order valence-electron chi connectivity index (χ3n) is 2.61. The van der Waals surface area contributed by atoms with Crippen LogP contribution in [-0.4, -0.2) is 16.8 Å². The average Bonchev–Trinajstić information content (AvgIpc) is 2.48. The Morgan fingerprint density at radius 2 is 1.71 bits per heavy atom. The molecule has 0 unspecified atom stereocenters. The zero-order valence-corrected chi connectivity index (χ0v) is 11.3. The van der Waals surface area contributed by atoms with Gasteiger partial charge in [0.15, 0.2) is 0 Å². The first-order chi connectivity index (χ1) is 10.1. The minimum absolute atomic E-state index is 0.315. The summed E-state index contributed by atoms with van der Waals surface area (Å²) in [5.74, 6) is -1.30. The lowest BCUT2D eigenvalue weighted by Crippen LogP contribution is -2.29. The van der Waals surface area contributed by atoms with E-state index in [2.05, 4.69) is 15.6 Å². The number of aromatic nitrogens is 1. The molecule has 6 heteroatoms. The van der Waals surface area contributed by atoms with Crippen LogP contribution in [0.5, 0.6) is 0 Å². The molecule has 0 bridgehead atoms. The van der Waals surface area contributed by atoms with Crippen LogP contribution in [0.2, 0.25) is 0 Å². The first kappa shape index (κ1) is 14.2. The number of carbonyl (C=O) groups is 2. The minimum atomic E-state index is -0.808. The summed E-state index contributed by atoms with van der Waals surface area (Å²) >= 11 is 0. The number of anilines is 2. The fourth-order valence-corrected chi connectivity index (χ4v) is 1.60. The van der Waals surface area contributed by atoms with Crippen molar-refractivity contribution >= 4 is 23.3 Å². The molecule has 2 N–H and O–H groups in total. The van der Waals surface area contributed by atoms with Gasteiger partial charge >= 0.3 is 11.8 Å². The fourth-order valence-electron chi connectivity index (χ4n) is 1.60. The monoisotopic (exact) mass is 280 g/mol. The predicted molar refractivity (Wildman–Crippen MR) is 77.4 cm³/mol. The number of nitriles is 1. The van der Waals surface area contributed by atoms with Gasteiger partial charge in [0, 0.05) is 11.4 Å². The highest BCUT2D eigenvalue weighted by atomic mass is 16.2. The van der Waals surface area contributed by atoms with E-state index < -0.39 is 11.8 Å². The molecule has 1 aromatic carbocycles. The van der Waals surface area contributed by atoms with Crippen molar-refractivity contribution in [3.05, 3.63) is 53.7 Å². The Morgan fingerprint density at radius 3 is 2.33 bits per heavy atom. The largest absolute Gasteiger partial charge is 0.318 e. The second-order valence-corrected chi connectivity index (χ2v) is 4.26. The van der Waals surface area contributed by atoms with Crippen molar-refractivity contribution in [3.63, 3.8) is 0 Å². The zero-order chi connectivity index (χ0) is 15.2. The van der Waals surface area contributed by atoms with Crippen LogP contribution in [0.1, 0.15) is 11.3 Å². The van der Waals surface area contributed by atoms with E-state index in [0.717, 1.165) is 5.69 Å². The highest BCUT2D eigenvalue weighted by Crippen LogP contribution is 2.09. The quantitative estimate of drug-likeness (QED) is 0.820. The molecule has 0 spiro atoms. The lowest BCUT2D eigenvalue weighted by molar-refractivity contribution is -0.133. The van der Waals surface area contributed by atoms with E-state index in [-0.39, 0.29) is 0 Å². The Balaban J connectivity index is 1.99. The smallest absolute Gasteiger partial charge is 0.315 e. The van der Waals surface area contributed by atoms with Gasteiger partial charge in [-0.15, -0.1) is 0 Å². The molecule has 2 amide bonds. The number of hydrogen-bond acceptors (Lipinski definition) is 4. The standard InChI is InChI=1S/C15H12N4O2/c1-10-3-2-4-13(17-10)19-15(21)14(20)18-12-7-5-11(9-16)6-8-12/h2-8H,1H3,(H,18,20)(H,17,19,21). The number of nitrogens with zero attached hydrogens (tertiary/aromatic N) is 2. The molecule has 1 heterocycles. The first-order valence-corrected chi connectivity index (χ1v) is 6.14. The van der Waals surface area contributed by atoms with E-state index in [0.29, 0.717) is 17.1 Å². The van der Waals surface area contributed by atoms with Gasteiger partial charge in [-0.3, -0.25) is 9.59 Å². The Hall–Kier alpha value is -3.20. The molecule has 0 saturated heterocycles. The molecule has 2 rings (SSSR count). The van der Waals surface area contributed by atoms with Gasteiger partial charge in [-0.05, 0) is 43.3 Å². The van der Waals surface area contributed by atoms with E-state index in [1.165, 1.54) is 0 Å². The van der Waals surface area contributed by atoms with Gasteiger partial charge in [0.1, 0.15) is 5.82 Å². The molecule has 0 aliphatic heterocycles. The van der Waals surface area contributed by atoms with Crippen LogP contribution in [0.15, 0.2) is 42.5 Å². The number of pyridine rings is 1. The van der Waals surface area contributed by atoms with Crippen molar-refractivity contribution in [1.29, 1.82) is 5.26 Å². The van der Waals surface area contributed by atoms with Gasteiger partial charge in [-0.1, -0.05) is 6.07 Å². The van der Waals surface area contributed by atoms with Gasteiger partial charge in [0.05, 0.1) is 11.6 Å². The minimum Gasteiger partial charge on any atom is -0.318 e. The molecule has 104 valence electrons. The zero-order valence-electron chi connectivity index (χ0n) is 11.3. The van der Waals surface area contributed by atoms with Gasteiger partial charge in [0.2, 0.25) is 0 Å². The van der Waals surface area contributed by atoms with Crippen molar-refractivity contribution < 1.29 is 9.59 Å². The maximum Gasteiger partial charge on any atom is 0.315 e. The van der Waals surface area contributed by atoms with Crippen LogP contribution < -0.4 is 10.6 Å². The summed E-state index contributed by atoms with van der Waals surface area (Å²) in [6.07, 6.45) is 0. The number of hydrogen-bond donors (Lipinski definition) is 2. The van der Waals surface area contributed by atoms with E-state index >= 15 is 0 Å². The molecule has 0 aliphatic carbocycles. The number of carbonyl (C=O) groups excluding carboxylic acids is 2. The Kier molecular flexibility index (Phi) is 4.26. The highest BCUT2D eigenvalue weighted by Gasteiger charge is 2.14. The Bertz CT molecular complexity index is 717. The van der Waals surface area contributed by atoms with Crippen LogP contribution >= 0.6 is 0 Å². The number of rotatable bonds is 2. The highest BCUT2D eigenvalue weighted by molar-refractivity contribution is 6.43. The maximum atomic E-state index is 11.7. The molecular formula is C15H12N4O2. The van der Waals surface area contributed by atoms with Gasteiger partial charge in [-0.2, -0.15) is 5.26 Å². The van der Waals surface area contributed by atoms with E-state index in [9.17, 15) is 9.59 Å². The summed E-state index contributed by atoms with van der Waals surface area (Å²) in [4.78, 5) is 27.6. The molecule has 2 aromatic rings. The lowest BCUT2D eigenvalue weighted by Gasteiger charge is -2.06. The van der Waals surface area contributed by atoms with Crippen LogP contribution in [0, 0.1) is 18.3 Å². The summed E-state index contributed by atoms with van der Waals surface area (Å²) < 4.78 is 0. The average molecular weight is 280 g/mol. The molecule has 0 saturated carbocycles. The summed E-state index contributed by atoms with van der Waals surface area (Å²) in [5, 5.41) is 13.5. The topological polar surface area (TPSA) is 94.9 Å². The predicted octanol–water partition coefficient (Wildman–Crippen LogP) is 1.84. The summed E-state index contributed by atoms with van der Waals surface area (Å²) in [6.45, 7) is 1.78. The third kappa shape index (κ3) is 3.88. The second kappa shape index (κ2) is 6.30. The molecule has 21 heavy (non-hydrogen) atoms. The van der Waals surface area contributed by atoms with Crippen molar-refractivity contribution in [2.75, 3.05) is 10.6 Å². The number of amides is 2. The molecule has 0 radical (unpaired) electrons. The summed E-state index contributed by atoms with van der Waals surface area (Å²) in [5.41, 5.74) is 1.65. The normalized spacial score (nSPS) is 9.52. The van der Waals surface area contributed by atoms with Gasteiger partial charge < -0.3 is 10.6 Å². The third-order valence-corrected chi connectivity index (χ3v) is 2.61.